The molecule has 2 N–H and O–H groups in total. The Labute approximate surface area is 214 Å². The second-order valence-electron chi connectivity index (χ2n) is 9.26. The zero-order valence-corrected chi connectivity index (χ0v) is 22.2. The van der Waals surface area contributed by atoms with Gasteiger partial charge >= 0.3 is 0 Å². The summed E-state index contributed by atoms with van der Waals surface area (Å²) in [6.07, 6.45) is 4.89. The molecule has 1 aromatic heterocycles. The third-order valence-electron chi connectivity index (χ3n) is 6.31. The number of nitrogens with zero attached hydrogens (tertiary/aromatic N) is 1. The highest BCUT2D eigenvalue weighted by molar-refractivity contribution is 7.89. The molecule has 0 aliphatic heterocycles. The molecule has 0 aliphatic carbocycles. The van der Waals surface area contributed by atoms with E-state index in [1.807, 2.05) is 51.1 Å². The summed E-state index contributed by atoms with van der Waals surface area (Å²) in [7, 11) is -3.74. The highest BCUT2D eigenvalue weighted by atomic mass is 32.2. The highest BCUT2D eigenvalue weighted by Gasteiger charge is 2.25. The molecule has 36 heavy (non-hydrogen) atoms. The van der Waals surface area contributed by atoms with Crippen molar-refractivity contribution in [1.29, 1.82) is 0 Å². The van der Waals surface area contributed by atoms with Gasteiger partial charge in [-0.05, 0) is 56.4 Å². The van der Waals surface area contributed by atoms with E-state index in [1.165, 1.54) is 28.1 Å². The van der Waals surface area contributed by atoms with Crippen LogP contribution in [0, 0.1) is 0 Å². The van der Waals surface area contributed by atoms with Crippen molar-refractivity contribution in [3.8, 4) is 0 Å². The van der Waals surface area contributed by atoms with Crippen LogP contribution in [0.4, 0.5) is 0 Å². The normalized spacial score (nSPS) is 12.7. The molecule has 7 nitrogen and oxygen atoms in total. The van der Waals surface area contributed by atoms with Crippen LogP contribution in [0.1, 0.15) is 68.8 Å². The fourth-order valence-corrected chi connectivity index (χ4v) is 5.70. The molecule has 0 saturated carbocycles. The fraction of sp³-hybridized carbons (Fsp3) is 0.429. The van der Waals surface area contributed by atoms with E-state index in [2.05, 4.69) is 10.3 Å². The third-order valence-corrected chi connectivity index (χ3v) is 8.20. The molecule has 0 fully saturated rings. The van der Waals surface area contributed by atoms with Crippen LogP contribution in [0.2, 0.25) is 0 Å². The Kier molecular flexibility index (Phi) is 9.84. The third kappa shape index (κ3) is 7.04. The number of rotatable bonds is 13. The van der Waals surface area contributed by atoms with Gasteiger partial charge in [-0.1, -0.05) is 57.0 Å². The maximum Gasteiger partial charge on any atom is 0.252 e. The minimum absolute atomic E-state index is 0.125. The Morgan fingerprint density at radius 3 is 2.31 bits per heavy atom. The number of sulfonamides is 1. The number of amides is 1. The van der Waals surface area contributed by atoms with Gasteiger partial charge in [-0.25, -0.2) is 8.42 Å². The fourth-order valence-electron chi connectivity index (χ4n) is 4.15. The number of H-pyrrole nitrogens is 1. The predicted molar refractivity (Wildman–Crippen MR) is 145 cm³/mol. The maximum atomic E-state index is 13.5. The van der Waals surface area contributed by atoms with Gasteiger partial charge in [0.05, 0.1) is 10.5 Å². The number of carbonyl (C=O) groups excluding carboxylic acids is 1. The summed E-state index contributed by atoms with van der Waals surface area (Å²) in [4.78, 5) is 28.3. The van der Waals surface area contributed by atoms with E-state index >= 15 is 0 Å². The Morgan fingerprint density at radius 1 is 1.00 bits per heavy atom. The molecule has 1 amide bonds. The number of aromatic nitrogens is 1. The zero-order chi connectivity index (χ0) is 26.1. The highest BCUT2D eigenvalue weighted by Crippen LogP contribution is 2.24. The molecule has 1 unspecified atom stereocenters. The maximum absolute atomic E-state index is 13.5. The SMILES string of the molecule is CCCCN(CCCC)S(=O)(=O)c1ccc2[nH]c(=O)cc(C(=O)NC(C)CCc3ccccc3)c2c1. The van der Waals surface area contributed by atoms with Gasteiger partial charge in [-0.15, -0.1) is 0 Å². The lowest BCUT2D eigenvalue weighted by Gasteiger charge is -2.22. The Bertz CT molecular complexity index is 1310. The first kappa shape index (κ1) is 27.6. The Hall–Kier alpha value is -2.97. The van der Waals surface area contributed by atoms with Crippen molar-refractivity contribution in [2.24, 2.45) is 0 Å². The van der Waals surface area contributed by atoms with Crippen molar-refractivity contribution in [3.05, 3.63) is 76.1 Å². The van der Waals surface area contributed by atoms with Gasteiger partial charge in [-0.2, -0.15) is 4.31 Å². The standard InChI is InChI=1S/C28H37N3O4S/c1-4-6-17-31(18-7-5-2)36(34,35)23-15-16-26-24(19-23)25(20-27(32)30-26)28(33)29-21(3)13-14-22-11-9-8-10-12-22/h8-12,15-16,19-21H,4-7,13-14,17-18H2,1-3H3,(H,29,33)(H,30,32). The van der Waals surface area contributed by atoms with Gasteiger partial charge in [-0.3, -0.25) is 9.59 Å². The summed E-state index contributed by atoms with van der Waals surface area (Å²) in [5.41, 5.74) is 1.38. The van der Waals surface area contributed by atoms with Gasteiger partial charge in [0.1, 0.15) is 0 Å². The van der Waals surface area contributed by atoms with Crippen molar-refractivity contribution >= 4 is 26.8 Å². The minimum atomic E-state index is -3.74. The van der Waals surface area contributed by atoms with Crippen molar-refractivity contribution in [3.63, 3.8) is 0 Å². The summed E-state index contributed by atoms with van der Waals surface area (Å²) in [5.74, 6) is -0.393. The molecule has 0 radical (unpaired) electrons. The van der Waals surface area contributed by atoms with Crippen LogP contribution in [-0.2, 0) is 16.4 Å². The number of pyridine rings is 1. The molecule has 8 heteroatoms. The van der Waals surface area contributed by atoms with E-state index in [-0.39, 0.29) is 16.5 Å². The lowest BCUT2D eigenvalue weighted by atomic mass is 10.0. The number of aromatic amines is 1. The molecular formula is C28H37N3O4S. The number of benzene rings is 2. The molecule has 0 spiro atoms. The molecule has 3 rings (SSSR count). The monoisotopic (exact) mass is 511 g/mol. The molecule has 1 atom stereocenters. The van der Waals surface area contributed by atoms with Crippen molar-refractivity contribution in [1.82, 2.24) is 14.6 Å². The summed E-state index contributed by atoms with van der Waals surface area (Å²) in [5, 5.41) is 3.38. The lowest BCUT2D eigenvalue weighted by molar-refractivity contribution is 0.0940. The molecule has 0 saturated heterocycles. The van der Waals surface area contributed by atoms with Crippen LogP contribution in [0.3, 0.4) is 0 Å². The van der Waals surface area contributed by atoms with Gasteiger partial charge in [0, 0.05) is 36.1 Å². The van der Waals surface area contributed by atoms with E-state index in [9.17, 15) is 18.0 Å². The van der Waals surface area contributed by atoms with Crippen LogP contribution >= 0.6 is 0 Å². The van der Waals surface area contributed by atoms with Crippen LogP contribution < -0.4 is 10.9 Å². The average molecular weight is 512 g/mol. The largest absolute Gasteiger partial charge is 0.350 e. The summed E-state index contributed by atoms with van der Waals surface area (Å²) >= 11 is 0. The Morgan fingerprint density at radius 2 is 1.67 bits per heavy atom. The average Bonchev–Trinajstić information content (AvgIpc) is 2.87. The van der Waals surface area contributed by atoms with Crippen LogP contribution in [0.25, 0.3) is 10.9 Å². The Balaban J connectivity index is 1.88. The smallest absolute Gasteiger partial charge is 0.252 e. The second kappa shape index (κ2) is 12.8. The van der Waals surface area contributed by atoms with Gasteiger partial charge in [0.15, 0.2) is 0 Å². The van der Waals surface area contributed by atoms with E-state index < -0.39 is 21.5 Å². The number of carbonyl (C=O) groups is 1. The second-order valence-corrected chi connectivity index (χ2v) is 11.2. The van der Waals surface area contributed by atoms with E-state index in [4.69, 9.17) is 0 Å². The van der Waals surface area contributed by atoms with Crippen LogP contribution in [0.5, 0.6) is 0 Å². The molecule has 0 bridgehead atoms. The first-order chi connectivity index (χ1) is 17.3. The first-order valence-electron chi connectivity index (χ1n) is 12.8. The van der Waals surface area contributed by atoms with Crippen molar-refractivity contribution in [2.45, 2.75) is 70.2 Å². The molecular weight excluding hydrogens is 474 g/mol. The minimum Gasteiger partial charge on any atom is -0.350 e. The summed E-state index contributed by atoms with van der Waals surface area (Å²) in [6.45, 7) is 6.89. The molecule has 2 aromatic carbocycles. The van der Waals surface area contributed by atoms with Gasteiger partial charge in [0.25, 0.3) is 5.91 Å². The van der Waals surface area contributed by atoms with E-state index in [0.717, 1.165) is 38.5 Å². The number of hydrogen-bond acceptors (Lipinski definition) is 4. The number of hydrogen-bond donors (Lipinski definition) is 2. The van der Waals surface area contributed by atoms with E-state index in [0.29, 0.717) is 24.0 Å². The number of fused-ring (bicyclic) bond motifs is 1. The summed E-state index contributed by atoms with van der Waals surface area (Å²) in [6, 6.07) is 15.7. The van der Waals surface area contributed by atoms with Gasteiger partial charge in [0.2, 0.25) is 15.6 Å². The lowest BCUT2D eigenvalue weighted by Crippen LogP contribution is -2.34. The molecule has 1 heterocycles. The topological polar surface area (TPSA) is 99.3 Å². The number of unbranched alkanes of at least 4 members (excludes halogenated alkanes) is 2. The summed E-state index contributed by atoms with van der Waals surface area (Å²) < 4.78 is 28.5. The van der Waals surface area contributed by atoms with Crippen molar-refractivity contribution < 1.29 is 13.2 Å². The van der Waals surface area contributed by atoms with E-state index in [1.54, 1.807) is 6.07 Å². The van der Waals surface area contributed by atoms with Crippen LogP contribution in [-0.4, -0.2) is 42.7 Å². The van der Waals surface area contributed by atoms with Gasteiger partial charge < -0.3 is 10.3 Å². The van der Waals surface area contributed by atoms with Crippen LogP contribution in [0.15, 0.2) is 64.3 Å². The zero-order valence-electron chi connectivity index (χ0n) is 21.4. The number of aryl methyl sites for hydroxylation is 1. The molecule has 194 valence electrons. The first-order valence-corrected chi connectivity index (χ1v) is 14.2. The predicted octanol–water partition coefficient (Wildman–Crippen LogP) is 4.87. The molecule has 3 aromatic rings. The number of nitrogens with one attached hydrogen (secondary N) is 2. The molecule has 0 aliphatic rings. The quantitative estimate of drug-likeness (QED) is 0.342. The van der Waals surface area contributed by atoms with Crippen molar-refractivity contribution in [2.75, 3.05) is 13.1 Å².